The predicted molar refractivity (Wildman–Crippen MR) is 91.6 cm³/mol. The van der Waals surface area contributed by atoms with E-state index in [1.165, 1.54) is 38.8 Å². The Kier molecular flexibility index (Phi) is 5.62. The van der Waals surface area contributed by atoms with Gasteiger partial charge in [0.25, 0.3) is 0 Å². The van der Waals surface area contributed by atoms with Gasteiger partial charge in [0.05, 0.1) is 5.33 Å². The maximum Gasteiger partial charge on any atom is 0.303 e. The fraction of sp³-hybridized carbons (Fsp3) is 0.882. The van der Waals surface area contributed by atoms with Crippen LogP contribution in [0.2, 0.25) is 0 Å². The summed E-state index contributed by atoms with van der Waals surface area (Å²) >= 11 is 3.33. The van der Waals surface area contributed by atoms with Crippen LogP contribution < -0.4 is 0 Å². The van der Waals surface area contributed by atoms with Crippen LogP contribution in [0.25, 0.3) is 0 Å². The summed E-state index contributed by atoms with van der Waals surface area (Å²) in [5, 5.41) is 9.30. The molecule has 1 amide bonds. The van der Waals surface area contributed by atoms with Gasteiger partial charge in [-0.2, -0.15) is 0 Å². The van der Waals surface area contributed by atoms with Crippen molar-refractivity contribution in [2.75, 3.05) is 25.0 Å². The Morgan fingerprint density at radius 1 is 1.17 bits per heavy atom. The van der Waals surface area contributed by atoms with Gasteiger partial charge in [-0.1, -0.05) is 15.9 Å². The van der Waals surface area contributed by atoms with E-state index in [0.717, 1.165) is 13.0 Å². The van der Waals surface area contributed by atoms with Gasteiger partial charge in [-0.15, -0.1) is 0 Å². The number of carboxylic acids is 1. The standard InChI is InChI=1S/C17H27BrN2O3/c18-10-15(21)20-11-12-4-2-8-19-9-3-5-13(17(12)19)14(20)6-1-7-16(22)23/h12-14,17H,1-11H2,(H,22,23)/t12-,13-,14?,17+/m1/s1. The molecule has 1 N–H and O–H groups in total. The van der Waals surface area contributed by atoms with Crippen LogP contribution in [-0.2, 0) is 9.59 Å². The molecule has 130 valence electrons. The second kappa shape index (κ2) is 7.51. The molecule has 3 fully saturated rings. The molecule has 0 aromatic heterocycles. The highest BCUT2D eigenvalue weighted by Gasteiger charge is 2.49. The smallest absolute Gasteiger partial charge is 0.303 e. The first-order chi connectivity index (χ1) is 11.1. The van der Waals surface area contributed by atoms with Crippen LogP contribution in [0.1, 0.15) is 44.9 Å². The van der Waals surface area contributed by atoms with Crippen LogP contribution >= 0.6 is 15.9 Å². The van der Waals surface area contributed by atoms with Crippen LogP contribution in [0.15, 0.2) is 0 Å². The molecular formula is C17H27BrN2O3. The number of piperidine rings is 3. The average molecular weight is 387 g/mol. The first kappa shape index (κ1) is 17.2. The molecule has 3 saturated heterocycles. The van der Waals surface area contributed by atoms with Gasteiger partial charge in [0, 0.05) is 25.0 Å². The van der Waals surface area contributed by atoms with Crippen LogP contribution in [0, 0.1) is 11.8 Å². The van der Waals surface area contributed by atoms with Crippen molar-refractivity contribution < 1.29 is 14.7 Å². The van der Waals surface area contributed by atoms with Crippen molar-refractivity contribution in [2.24, 2.45) is 11.8 Å². The van der Waals surface area contributed by atoms with Crippen molar-refractivity contribution in [3.63, 3.8) is 0 Å². The lowest BCUT2D eigenvalue weighted by Crippen LogP contribution is -2.65. The minimum atomic E-state index is -0.736. The summed E-state index contributed by atoms with van der Waals surface area (Å²) in [5.74, 6) is 0.568. The molecule has 0 aromatic carbocycles. The monoisotopic (exact) mass is 386 g/mol. The topological polar surface area (TPSA) is 60.9 Å². The van der Waals surface area contributed by atoms with Crippen molar-refractivity contribution in [3.05, 3.63) is 0 Å². The number of carbonyl (C=O) groups is 2. The molecule has 5 nitrogen and oxygen atoms in total. The van der Waals surface area contributed by atoms with E-state index >= 15 is 0 Å². The van der Waals surface area contributed by atoms with E-state index in [2.05, 4.69) is 25.7 Å². The van der Waals surface area contributed by atoms with Gasteiger partial charge in [-0.25, -0.2) is 0 Å². The largest absolute Gasteiger partial charge is 0.481 e. The van der Waals surface area contributed by atoms with Crippen molar-refractivity contribution in [1.82, 2.24) is 9.80 Å². The molecule has 0 aliphatic carbocycles. The number of amides is 1. The maximum atomic E-state index is 12.5. The number of carbonyl (C=O) groups excluding carboxylic acids is 1. The molecule has 0 bridgehead atoms. The number of rotatable bonds is 5. The summed E-state index contributed by atoms with van der Waals surface area (Å²) in [6.45, 7) is 3.26. The van der Waals surface area contributed by atoms with Gasteiger partial charge >= 0.3 is 5.97 Å². The second-order valence-electron chi connectivity index (χ2n) is 7.27. The molecule has 3 heterocycles. The lowest BCUT2D eigenvalue weighted by Gasteiger charge is -2.57. The minimum Gasteiger partial charge on any atom is -0.481 e. The molecule has 3 rings (SSSR count). The quantitative estimate of drug-likeness (QED) is 0.736. The summed E-state index contributed by atoms with van der Waals surface area (Å²) in [4.78, 5) is 28.1. The third-order valence-corrected chi connectivity index (χ3v) is 6.48. The number of halogens is 1. The third-order valence-electron chi connectivity index (χ3n) is 6.00. The Morgan fingerprint density at radius 3 is 2.61 bits per heavy atom. The zero-order valence-electron chi connectivity index (χ0n) is 13.6. The normalized spacial score (nSPS) is 34.0. The molecule has 1 unspecified atom stereocenters. The number of hydrogen-bond acceptors (Lipinski definition) is 3. The molecule has 3 aliphatic heterocycles. The average Bonchev–Trinajstić information content (AvgIpc) is 2.56. The maximum absolute atomic E-state index is 12.5. The van der Waals surface area contributed by atoms with E-state index < -0.39 is 5.97 Å². The Balaban J connectivity index is 1.78. The van der Waals surface area contributed by atoms with Crippen molar-refractivity contribution in [3.8, 4) is 0 Å². The van der Waals surface area contributed by atoms with Crippen LogP contribution in [0.4, 0.5) is 0 Å². The Bertz CT molecular complexity index is 457. The van der Waals surface area contributed by atoms with E-state index in [9.17, 15) is 9.59 Å². The highest BCUT2D eigenvalue weighted by atomic mass is 79.9. The summed E-state index contributed by atoms with van der Waals surface area (Å²) in [5.41, 5.74) is 0. The molecule has 0 saturated carbocycles. The molecule has 3 aliphatic rings. The van der Waals surface area contributed by atoms with Crippen LogP contribution in [-0.4, -0.2) is 63.8 Å². The van der Waals surface area contributed by atoms with Crippen molar-refractivity contribution in [2.45, 2.75) is 57.0 Å². The van der Waals surface area contributed by atoms with Gasteiger partial charge < -0.3 is 10.0 Å². The summed E-state index contributed by atoms with van der Waals surface area (Å²) in [6.07, 6.45) is 6.56. The number of aliphatic carboxylic acids is 1. The Morgan fingerprint density at radius 2 is 1.91 bits per heavy atom. The number of alkyl halides is 1. The molecule has 0 aromatic rings. The van der Waals surface area contributed by atoms with Gasteiger partial charge in [-0.05, 0) is 63.5 Å². The fourth-order valence-electron chi connectivity index (χ4n) is 5.19. The summed E-state index contributed by atoms with van der Waals surface area (Å²) in [6, 6.07) is 0.841. The minimum absolute atomic E-state index is 0.173. The highest BCUT2D eigenvalue weighted by Crippen LogP contribution is 2.43. The molecule has 0 radical (unpaired) electrons. The van der Waals surface area contributed by atoms with E-state index in [-0.39, 0.29) is 18.4 Å². The Hall–Kier alpha value is -0.620. The number of carboxylic acid groups (broad SMARTS) is 1. The summed E-state index contributed by atoms with van der Waals surface area (Å²) < 4.78 is 0. The number of likely N-dealkylation sites (tertiary alicyclic amines) is 1. The van der Waals surface area contributed by atoms with Crippen molar-refractivity contribution in [1.29, 1.82) is 0 Å². The van der Waals surface area contributed by atoms with Crippen molar-refractivity contribution >= 4 is 27.8 Å². The predicted octanol–water partition coefficient (Wildman–Crippen LogP) is 2.34. The Labute approximate surface area is 146 Å². The summed E-state index contributed by atoms with van der Waals surface area (Å²) in [7, 11) is 0. The zero-order valence-corrected chi connectivity index (χ0v) is 15.2. The van der Waals surface area contributed by atoms with Gasteiger partial charge in [0.1, 0.15) is 0 Å². The first-order valence-electron chi connectivity index (χ1n) is 8.93. The van der Waals surface area contributed by atoms with Crippen LogP contribution in [0.5, 0.6) is 0 Å². The lowest BCUT2D eigenvalue weighted by molar-refractivity contribution is -0.143. The van der Waals surface area contributed by atoms with E-state index in [4.69, 9.17) is 5.11 Å². The zero-order chi connectivity index (χ0) is 16.4. The lowest BCUT2D eigenvalue weighted by atomic mass is 9.69. The number of nitrogens with zero attached hydrogens (tertiary/aromatic N) is 2. The molecular weight excluding hydrogens is 360 g/mol. The molecule has 23 heavy (non-hydrogen) atoms. The van der Waals surface area contributed by atoms with Gasteiger partial charge in [0.2, 0.25) is 5.91 Å². The van der Waals surface area contributed by atoms with E-state index in [1.807, 2.05) is 0 Å². The van der Waals surface area contributed by atoms with E-state index in [0.29, 0.717) is 29.6 Å². The molecule has 6 heteroatoms. The molecule has 0 spiro atoms. The second-order valence-corrected chi connectivity index (χ2v) is 7.83. The highest BCUT2D eigenvalue weighted by molar-refractivity contribution is 9.09. The van der Waals surface area contributed by atoms with Gasteiger partial charge in [-0.3, -0.25) is 14.5 Å². The first-order valence-corrected chi connectivity index (χ1v) is 10.0. The number of hydrogen-bond donors (Lipinski definition) is 1. The SMILES string of the molecule is O=C(O)CCCC1[C@H]2CCCN3CCC[C@H](CN1C(=O)CBr)[C@@H]23. The fourth-order valence-corrected chi connectivity index (χ4v) is 5.51. The third kappa shape index (κ3) is 3.58. The van der Waals surface area contributed by atoms with E-state index in [1.54, 1.807) is 0 Å². The molecule has 4 atom stereocenters. The van der Waals surface area contributed by atoms with Gasteiger partial charge in [0.15, 0.2) is 0 Å². The van der Waals surface area contributed by atoms with Crippen LogP contribution in [0.3, 0.4) is 0 Å².